The third-order valence-electron chi connectivity index (χ3n) is 2.54. The van der Waals surface area contributed by atoms with Crippen LogP contribution < -0.4 is 5.73 Å². The van der Waals surface area contributed by atoms with Crippen LogP contribution in [0.5, 0.6) is 0 Å². The average molecular weight is 249 g/mol. The Labute approximate surface area is 104 Å². The van der Waals surface area contributed by atoms with Crippen LogP contribution in [0.15, 0.2) is 34.3 Å². The van der Waals surface area contributed by atoms with E-state index in [-0.39, 0.29) is 6.04 Å². The third-order valence-corrected chi connectivity index (χ3v) is 3.57. The molecule has 0 unspecified atom stereocenters. The highest BCUT2D eigenvalue weighted by atomic mass is 32.2. The summed E-state index contributed by atoms with van der Waals surface area (Å²) in [6.45, 7) is 2.08. The molecule has 2 N–H and O–H groups in total. The smallest absolute Gasteiger partial charge is 0.213 e. The first-order valence-corrected chi connectivity index (χ1v) is 6.28. The van der Waals surface area contributed by atoms with E-state index in [4.69, 9.17) is 5.73 Å². The summed E-state index contributed by atoms with van der Waals surface area (Å²) in [5, 5.41) is 12.1. The molecule has 1 aromatic heterocycles. The van der Waals surface area contributed by atoms with Gasteiger partial charge in [-0.05, 0) is 46.3 Å². The van der Waals surface area contributed by atoms with Gasteiger partial charge < -0.3 is 5.73 Å². The lowest BCUT2D eigenvalue weighted by molar-refractivity contribution is 0.664. The van der Waals surface area contributed by atoms with Gasteiger partial charge in [-0.25, -0.2) is 4.68 Å². The van der Waals surface area contributed by atoms with E-state index >= 15 is 0 Å². The number of nitrogens with two attached hydrogens (primary N) is 1. The van der Waals surface area contributed by atoms with E-state index in [1.54, 1.807) is 4.68 Å². The van der Waals surface area contributed by atoms with Gasteiger partial charge in [0, 0.05) is 18.0 Å². The number of nitrogens with zero attached hydrogens (tertiary/aromatic N) is 4. The number of rotatable bonds is 4. The quantitative estimate of drug-likeness (QED) is 0.894. The zero-order chi connectivity index (χ0) is 12.3. The minimum Gasteiger partial charge on any atom is -0.324 e. The molecular formula is C11H15N5S. The molecule has 17 heavy (non-hydrogen) atoms. The molecule has 90 valence electrons. The number of aromatic nitrogens is 4. The largest absolute Gasteiger partial charge is 0.324 e. The van der Waals surface area contributed by atoms with Crippen LogP contribution >= 0.6 is 11.8 Å². The molecule has 2 rings (SSSR count). The Balaban J connectivity index is 2.11. The highest BCUT2D eigenvalue weighted by Gasteiger charge is 2.06. The second kappa shape index (κ2) is 5.29. The molecule has 0 fully saturated rings. The summed E-state index contributed by atoms with van der Waals surface area (Å²) in [6.07, 6.45) is 0.944. The molecule has 6 heteroatoms. The molecule has 0 aliphatic carbocycles. The van der Waals surface area contributed by atoms with Crippen molar-refractivity contribution in [3.8, 4) is 0 Å². The molecule has 0 aliphatic heterocycles. The van der Waals surface area contributed by atoms with Gasteiger partial charge in [0.1, 0.15) is 0 Å². The van der Waals surface area contributed by atoms with Crippen molar-refractivity contribution >= 4 is 11.8 Å². The van der Waals surface area contributed by atoms with Crippen molar-refractivity contribution in [3.05, 3.63) is 29.8 Å². The van der Waals surface area contributed by atoms with Gasteiger partial charge in [0.05, 0.1) is 0 Å². The summed E-state index contributed by atoms with van der Waals surface area (Å²) >= 11 is 1.53. The first-order chi connectivity index (χ1) is 8.20. The van der Waals surface area contributed by atoms with Crippen LogP contribution in [0, 0.1) is 0 Å². The normalized spacial score (nSPS) is 12.6. The molecular weight excluding hydrogens is 234 g/mol. The van der Waals surface area contributed by atoms with Gasteiger partial charge in [-0.1, -0.05) is 19.1 Å². The molecule has 0 radical (unpaired) electrons. The van der Waals surface area contributed by atoms with Crippen LogP contribution in [-0.2, 0) is 7.05 Å². The summed E-state index contributed by atoms with van der Waals surface area (Å²) in [4.78, 5) is 1.11. The summed E-state index contributed by atoms with van der Waals surface area (Å²) in [5.41, 5.74) is 7.12. The fourth-order valence-electron chi connectivity index (χ4n) is 1.43. The minimum atomic E-state index is 0.116. The van der Waals surface area contributed by atoms with E-state index in [9.17, 15) is 0 Å². The first kappa shape index (κ1) is 12.1. The number of hydrogen-bond acceptors (Lipinski definition) is 5. The molecule has 1 atom stereocenters. The highest BCUT2D eigenvalue weighted by molar-refractivity contribution is 7.99. The average Bonchev–Trinajstić information content (AvgIpc) is 2.75. The molecule has 0 amide bonds. The second-order valence-corrected chi connectivity index (χ2v) is 4.81. The van der Waals surface area contributed by atoms with E-state index < -0.39 is 0 Å². The fourth-order valence-corrected chi connectivity index (χ4v) is 2.16. The zero-order valence-corrected chi connectivity index (χ0v) is 10.7. The van der Waals surface area contributed by atoms with Gasteiger partial charge in [-0.15, -0.1) is 5.10 Å². The van der Waals surface area contributed by atoms with Crippen LogP contribution in [-0.4, -0.2) is 20.2 Å². The maximum Gasteiger partial charge on any atom is 0.213 e. The van der Waals surface area contributed by atoms with Gasteiger partial charge >= 0.3 is 0 Å². The van der Waals surface area contributed by atoms with Gasteiger partial charge in [-0.2, -0.15) is 0 Å². The Hall–Kier alpha value is -1.40. The van der Waals surface area contributed by atoms with Crippen LogP contribution in [0.25, 0.3) is 0 Å². The molecule has 2 aromatic rings. The van der Waals surface area contributed by atoms with Crippen molar-refractivity contribution in [1.29, 1.82) is 0 Å². The Bertz CT molecular complexity index is 479. The number of hydrogen-bond donors (Lipinski definition) is 1. The Morgan fingerprint density at radius 3 is 2.59 bits per heavy atom. The van der Waals surface area contributed by atoms with E-state index in [1.165, 1.54) is 11.8 Å². The van der Waals surface area contributed by atoms with Gasteiger partial charge in [-0.3, -0.25) is 0 Å². The maximum atomic E-state index is 5.96. The van der Waals surface area contributed by atoms with Crippen LogP contribution in [0.1, 0.15) is 24.9 Å². The molecule has 0 bridgehead atoms. The number of aryl methyl sites for hydroxylation is 1. The SMILES string of the molecule is CC[C@@H](N)c1ccc(Sc2nnnn2C)cc1. The van der Waals surface area contributed by atoms with E-state index in [2.05, 4.69) is 34.6 Å². The molecule has 0 spiro atoms. The Morgan fingerprint density at radius 2 is 2.06 bits per heavy atom. The molecule has 1 heterocycles. The van der Waals surface area contributed by atoms with Crippen LogP contribution in [0.3, 0.4) is 0 Å². The molecule has 5 nitrogen and oxygen atoms in total. The molecule has 0 saturated heterocycles. The van der Waals surface area contributed by atoms with Crippen molar-refractivity contribution in [1.82, 2.24) is 20.2 Å². The highest BCUT2D eigenvalue weighted by Crippen LogP contribution is 2.26. The van der Waals surface area contributed by atoms with Crippen LogP contribution in [0.4, 0.5) is 0 Å². The van der Waals surface area contributed by atoms with Crippen molar-refractivity contribution in [2.75, 3.05) is 0 Å². The van der Waals surface area contributed by atoms with E-state index in [0.717, 1.165) is 22.0 Å². The predicted octanol–water partition coefficient (Wildman–Crippen LogP) is 1.77. The van der Waals surface area contributed by atoms with Crippen molar-refractivity contribution in [2.24, 2.45) is 12.8 Å². The maximum absolute atomic E-state index is 5.96. The lowest BCUT2D eigenvalue weighted by atomic mass is 10.1. The predicted molar refractivity (Wildman–Crippen MR) is 66.6 cm³/mol. The summed E-state index contributed by atoms with van der Waals surface area (Å²) in [6, 6.07) is 8.32. The van der Waals surface area contributed by atoms with Crippen molar-refractivity contribution < 1.29 is 0 Å². The summed E-state index contributed by atoms with van der Waals surface area (Å²) < 4.78 is 1.65. The van der Waals surface area contributed by atoms with Crippen molar-refractivity contribution in [3.63, 3.8) is 0 Å². The van der Waals surface area contributed by atoms with Gasteiger partial charge in [0.25, 0.3) is 0 Å². The molecule has 0 saturated carbocycles. The minimum absolute atomic E-state index is 0.116. The second-order valence-electron chi connectivity index (χ2n) is 3.77. The van der Waals surface area contributed by atoms with Gasteiger partial charge in [0.15, 0.2) is 0 Å². The summed E-state index contributed by atoms with van der Waals surface area (Å²) in [7, 11) is 1.82. The molecule has 0 aliphatic rings. The fraction of sp³-hybridized carbons (Fsp3) is 0.364. The Morgan fingerprint density at radius 1 is 1.35 bits per heavy atom. The standard InChI is InChI=1S/C11H15N5S/c1-3-10(12)8-4-6-9(7-5-8)17-11-13-14-15-16(11)2/h4-7,10H,3,12H2,1-2H3/t10-/m1/s1. The van der Waals surface area contributed by atoms with Gasteiger partial charge in [0.2, 0.25) is 5.16 Å². The number of tetrazole rings is 1. The lowest BCUT2D eigenvalue weighted by Crippen LogP contribution is -2.07. The van der Waals surface area contributed by atoms with Crippen molar-refractivity contribution in [2.45, 2.75) is 29.4 Å². The number of benzene rings is 1. The van der Waals surface area contributed by atoms with Crippen LogP contribution in [0.2, 0.25) is 0 Å². The molecule has 1 aromatic carbocycles. The van der Waals surface area contributed by atoms with E-state index in [0.29, 0.717) is 0 Å². The van der Waals surface area contributed by atoms with E-state index in [1.807, 2.05) is 19.2 Å². The monoisotopic (exact) mass is 249 g/mol. The zero-order valence-electron chi connectivity index (χ0n) is 9.87. The Kier molecular flexibility index (Phi) is 3.75. The first-order valence-electron chi connectivity index (χ1n) is 5.46. The third kappa shape index (κ3) is 2.83. The lowest BCUT2D eigenvalue weighted by Gasteiger charge is -2.09. The topological polar surface area (TPSA) is 69.6 Å². The summed E-state index contributed by atoms with van der Waals surface area (Å²) in [5.74, 6) is 0.